The van der Waals surface area contributed by atoms with Gasteiger partial charge in [0.15, 0.2) is 5.78 Å². The van der Waals surface area contributed by atoms with Gasteiger partial charge in [-0.1, -0.05) is 29.8 Å². The summed E-state index contributed by atoms with van der Waals surface area (Å²) in [5.74, 6) is 0.0187. The molecule has 0 radical (unpaired) electrons. The number of ketones is 1. The van der Waals surface area contributed by atoms with Crippen LogP contribution in [0.3, 0.4) is 0 Å². The first-order valence-electron chi connectivity index (χ1n) is 7.93. The van der Waals surface area contributed by atoms with Gasteiger partial charge in [-0.2, -0.15) is 0 Å². The van der Waals surface area contributed by atoms with Gasteiger partial charge in [-0.3, -0.25) is 9.69 Å². The van der Waals surface area contributed by atoms with Crippen LogP contribution in [-0.2, 0) is 15.1 Å². The number of benzene rings is 1. The number of hydrogen-bond acceptors (Lipinski definition) is 3. The fourth-order valence-corrected chi connectivity index (χ4v) is 3.41. The molecule has 0 unspecified atom stereocenters. The summed E-state index contributed by atoms with van der Waals surface area (Å²) in [4.78, 5) is 26.9. The van der Waals surface area contributed by atoms with Gasteiger partial charge in [0, 0.05) is 24.1 Å². The fourth-order valence-electron chi connectivity index (χ4n) is 3.12. The number of halogens is 1. The van der Waals surface area contributed by atoms with Crippen molar-refractivity contribution in [3.63, 3.8) is 0 Å². The van der Waals surface area contributed by atoms with Crippen LogP contribution in [0.25, 0.3) is 0 Å². The lowest BCUT2D eigenvalue weighted by molar-refractivity contribution is -0.134. The van der Waals surface area contributed by atoms with Crippen LogP contribution in [0.5, 0.6) is 0 Å². The molecule has 2 rings (SSSR count). The Morgan fingerprint density at radius 3 is 2.48 bits per heavy atom. The van der Waals surface area contributed by atoms with Gasteiger partial charge in [-0.15, -0.1) is 0 Å². The highest BCUT2D eigenvalue weighted by Crippen LogP contribution is 2.42. The molecule has 1 atom stereocenters. The molecule has 126 valence electrons. The van der Waals surface area contributed by atoms with Gasteiger partial charge in [0.2, 0.25) is 0 Å². The number of Topliss-reactive ketones (excluding diaryl/α,β-unsaturated/α-hetero) is 1. The lowest BCUT2D eigenvalue weighted by Gasteiger charge is -2.44. The number of carbonyl (C=O) groups excluding carboxylic acids is 2. The Balaban J connectivity index is 2.49. The largest absolute Gasteiger partial charge is 0.444 e. The summed E-state index contributed by atoms with van der Waals surface area (Å²) in [6.07, 6.45) is 2.20. The average molecular weight is 338 g/mol. The smallest absolute Gasteiger partial charge is 0.411 e. The normalized spacial score (nSPS) is 21.9. The minimum atomic E-state index is -1.04. The van der Waals surface area contributed by atoms with E-state index in [2.05, 4.69) is 0 Å². The molecule has 1 aliphatic carbocycles. The van der Waals surface area contributed by atoms with E-state index in [-0.39, 0.29) is 5.78 Å². The predicted octanol–water partition coefficient (Wildman–Crippen LogP) is 4.55. The highest BCUT2D eigenvalue weighted by Gasteiger charge is 2.49. The predicted molar refractivity (Wildman–Crippen MR) is 90.6 cm³/mol. The Bertz CT molecular complexity index is 609. The maximum atomic E-state index is 12.9. The second-order valence-electron chi connectivity index (χ2n) is 7.01. The zero-order valence-electron chi connectivity index (χ0n) is 14.2. The molecule has 1 amide bonds. The van der Waals surface area contributed by atoms with Crippen molar-refractivity contribution in [2.24, 2.45) is 0 Å². The summed E-state index contributed by atoms with van der Waals surface area (Å²) in [5.41, 5.74) is -0.983. The zero-order chi connectivity index (χ0) is 17.3. The van der Waals surface area contributed by atoms with Crippen molar-refractivity contribution in [3.05, 3.63) is 34.9 Å². The minimum absolute atomic E-state index is 0.0187. The Morgan fingerprint density at radius 2 is 1.91 bits per heavy atom. The van der Waals surface area contributed by atoms with Crippen LogP contribution < -0.4 is 0 Å². The molecule has 0 saturated heterocycles. The van der Waals surface area contributed by atoms with Crippen molar-refractivity contribution in [1.82, 2.24) is 4.90 Å². The maximum Gasteiger partial charge on any atom is 0.411 e. The first-order chi connectivity index (χ1) is 10.7. The van der Waals surface area contributed by atoms with E-state index in [1.165, 1.54) is 4.90 Å². The highest BCUT2D eigenvalue weighted by atomic mass is 35.5. The van der Waals surface area contributed by atoms with Gasteiger partial charge in [0.05, 0.1) is 0 Å². The summed E-state index contributed by atoms with van der Waals surface area (Å²) in [5, 5.41) is 0.498. The Hall–Kier alpha value is -1.55. The van der Waals surface area contributed by atoms with E-state index in [4.69, 9.17) is 16.3 Å². The Kier molecular flexibility index (Phi) is 5.04. The summed E-state index contributed by atoms with van der Waals surface area (Å²) < 4.78 is 5.48. The van der Waals surface area contributed by atoms with Crippen molar-refractivity contribution in [2.75, 3.05) is 7.05 Å². The molecule has 0 bridgehead atoms. The molecule has 0 aromatic heterocycles. The quantitative estimate of drug-likeness (QED) is 0.795. The van der Waals surface area contributed by atoms with Gasteiger partial charge >= 0.3 is 6.09 Å². The molecular formula is C18H24ClNO3. The molecule has 5 heteroatoms. The van der Waals surface area contributed by atoms with Crippen molar-refractivity contribution in [1.29, 1.82) is 0 Å². The van der Waals surface area contributed by atoms with Crippen LogP contribution >= 0.6 is 11.6 Å². The molecule has 0 spiro atoms. The molecular weight excluding hydrogens is 314 g/mol. The monoisotopic (exact) mass is 337 g/mol. The van der Waals surface area contributed by atoms with Gasteiger partial charge in [0.1, 0.15) is 11.1 Å². The molecule has 1 saturated carbocycles. The summed E-state index contributed by atoms with van der Waals surface area (Å²) in [6, 6.07) is 7.24. The molecule has 0 N–H and O–H groups in total. The van der Waals surface area contributed by atoms with E-state index in [0.29, 0.717) is 23.4 Å². The van der Waals surface area contributed by atoms with E-state index < -0.39 is 17.2 Å². The van der Waals surface area contributed by atoms with Crippen LogP contribution in [0.15, 0.2) is 24.3 Å². The van der Waals surface area contributed by atoms with Gasteiger partial charge in [0.25, 0.3) is 0 Å². The van der Waals surface area contributed by atoms with Gasteiger partial charge < -0.3 is 4.74 Å². The minimum Gasteiger partial charge on any atom is -0.444 e. The van der Waals surface area contributed by atoms with E-state index in [1.807, 2.05) is 39.0 Å². The standard InChI is InChI=1S/C18H24ClNO3/c1-17(2,3)23-16(22)20(4)18(12-8-7-11-15(18)21)13-9-5-6-10-14(13)19/h5-6,9-10H,7-8,11-12H2,1-4H3/t18-/m1/s1. The first kappa shape index (κ1) is 17.8. The molecule has 0 heterocycles. The zero-order valence-corrected chi connectivity index (χ0v) is 14.9. The summed E-state index contributed by atoms with van der Waals surface area (Å²) in [7, 11) is 1.63. The van der Waals surface area contributed by atoms with Crippen molar-refractivity contribution < 1.29 is 14.3 Å². The fraction of sp³-hybridized carbons (Fsp3) is 0.556. The maximum absolute atomic E-state index is 12.9. The third-order valence-corrected chi connectivity index (χ3v) is 4.54. The average Bonchev–Trinajstić information content (AvgIpc) is 2.46. The second kappa shape index (κ2) is 6.52. The molecule has 1 aliphatic rings. The molecule has 23 heavy (non-hydrogen) atoms. The topological polar surface area (TPSA) is 46.6 Å². The van der Waals surface area contributed by atoms with Crippen LogP contribution in [-0.4, -0.2) is 29.4 Å². The van der Waals surface area contributed by atoms with Crippen LogP contribution in [0.2, 0.25) is 5.02 Å². The van der Waals surface area contributed by atoms with Crippen LogP contribution in [0, 0.1) is 0 Å². The third-order valence-electron chi connectivity index (χ3n) is 4.21. The first-order valence-corrected chi connectivity index (χ1v) is 8.31. The van der Waals surface area contributed by atoms with E-state index in [0.717, 1.165) is 12.8 Å². The number of carbonyl (C=O) groups is 2. The molecule has 0 aliphatic heterocycles. The Morgan fingerprint density at radius 1 is 1.26 bits per heavy atom. The summed E-state index contributed by atoms with van der Waals surface area (Å²) in [6.45, 7) is 5.43. The Labute approximate surface area is 142 Å². The van der Waals surface area contributed by atoms with E-state index >= 15 is 0 Å². The van der Waals surface area contributed by atoms with Gasteiger partial charge in [-0.25, -0.2) is 4.79 Å². The number of ether oxygens (including phenoxy) is 1. The number of nitrogens with zero attached hydrogens (tertiary/aromatic N) is 1. The van der Waals surface area contributed by atoms with Crippen molar-refractivity contribution in [3.8, 4) is 0 Å². The van der Waals surface area contributed by atoms with Crippen molar-refractivity contribution >= 4 is 23.5 Å². The molecule has 1 aromatic carbocycles. The number of hydrogen-bond donors (Lipinski definition) is 0. The third kappa shape index (κ3) is 3.52. The number of likely N-dealkylation sites (N-methyl/N-ethyl adjacent to an activating group) is 1. The number of rotatable bonds is 2. The van der Waals surface area contributed by atoms with Crippen LogP contribution in [0.4, 0.5) is 4.79 Å². The van der Waals surface area contributed by atoms with Gasteiger partial charge in [-0.05, 0) is 46.1 Å². The number of amides is 1. The SMILES string of the molecule is CN(C(=O)OC(C)(C)C)[C@@]1(c2ccccc2Cl)CCCCC1=O. The lowest BCUT2D eigenvalue weighted by atomic mass is 9.74. The lowest BCUT2D eigenvalue weighted by Crippen LogP contribution is -2.55. The van der Waals surface area contributed by atoms with E-state index in [9.17, 15) is 9.59 Å². The highest BCUT2D eigenvalue weighted by molar-refractivity contribution is 6.31. The van der Waals surface area contributed by atoms with E-state index in [1.54, 1.807) is 13.1 Å². The van der Waals surface area contributed by atoms with Crippen molar-refractivity contribution in [2.45, 2.75) is 57.6 Å². The molecule has 4 nitrogen and oxygen atoms in total. The molecule has 1 aromatic rings. The van der Waals surface area contributed by atoms with Crippen LogP contribution in [0.1, 0.15) is 52.0 Å². The molecule has 1 fully saturated rings. The second-order valence-corrected chi connectivity index (χ2v) is 7.42. The summed E-state index contributed by atoms with van der Waals surface area (Å²) >= 11 is 6.36.